The van der Waals surface area contributed by atoms with E-state index >= 15 is 0 Å². The molecule has 2 nitrogen and oxygen atoms in total. The molecule has 1 heterocycles. The van der Waals surface area contributed by atoms with Crippen LogP contribution in [0.2, 0.25) is 5.02 Å². The van der Waals surface area contributed by atoms with E-state index in [4.69, 9.17) is 11.6 Å². The van der Waals surface area contributed by atoms with E-state index in [1.807, 2.05) is 24.3 Å². The van der Waals surface area contributed by atoms with Crippen molar-refractivity contribution in [3.8, 4) is 0 Å². The van der Waals surface area contributed by atoms with Crippen molar-refractivity contribution in [3.63, 3.8) is 0 Å². The number of hydrogen-bond donors (Lipinski definition) is 1. The van der Waals surface area contributed by atoms with Gasteiger partial charge in [0, 0.05) is 17.3 Å². The molecule has 0 radical (unpaired) electrons. The van der Waals surface area contributed by atoms with Gasteiger partial charge in [0.15, 0.2) is 0 Å². The fourth-order valence-corrected chi connectivity index (χ4v) is 3.59. The molecule has 24 heavy (non-hydrogen) atoms. The SMILES string of the molecule is Clc1ccc(NCCCN2CCC(Cc3ccccc3)CC2)cc1. The number of anilines is 1. The van der Waals surface area contributed by atoms with E-state index in [1.54, 1.807) is 0 Å². The van der Waals surface area contributed by atoms with E-state index < -0.39 is 0 Å². The third kappa shape index (κ3) is 5.54. The normalized spacial score (nSPS) is 16.2. The lowest BCUT2D eigenvalue weighted by Crippen LogP contribution is -2.35. The van der Waals surface area contributed by atoms with Gasteiger partial charge in [-0.3, -0.25) is 0 Å². The monoisotopic (exact) mass is 342 g/mol. The topological polar surface area (TPSA) is 15.3 Å². The quantitative estimate of drug-likeness (QED) is 0.704. The Morgan fingerprint density at radius 1 is 0.958 bits per heavy atom. The Morgan fingerprint density at radius 3 is 2.38 bits per heavy atom. The standard InChI is InChI=1S/C21H27ClN2/c22-20-7-9-21(10-8-20)23-13-4-14-24-15-11-19(12-16-24)17-18-5-2-1-3-6-18/h1-3,5-10,19,23H,4,11-17H2. The Balaban J connectivity index is 1.30. The van der Waals surface area contributed by atoms with Crippen LogP contribution in [0.3, 0.4) is 0 Å². The maximum Gasteiger partial charge on any atom is 0.0407 e. The lowest BCUT2D eigenvalue weighted by atomic mass is 9.90. The molecule has 1 aliphatic rings. The third-order valence-corrected chi connectivity index (χ3v) is 5.15. The van der Waals surface area contributed by atoms with Crippen LogP contribution in [0.25, 0.3) is 0 Å². The van der Waals surface area contributed by atoms with Crippen LogP contribution in [-0.4, -0.2) is 31.1 Å². The number of benzene rings is 2. The van der Waals surface area contributed by atoms with Crippen LogP contribution >= 0.6 is 11.6 Å². The number of rotatable bonds is 7. The highest BCUT2D eigenvalue weighted by molar-refractivity contribution is 6.30. The van der Waals surface area contributed by atoms with Crippen LogP contribution < -0.4 is 5.32 Å². The molecule has 3 rings (SSSR count). The molecule has 0 aliphatic carbocycles. The summed E-state index contributed by atoms with van der Waals surface area (Å²) in [6, 6.07) is 18.9. The number of piperidine rings is 1. The first-order valence-corrected chi connectivity index (χ1v) is 9.43. The zero-order chi connectivity index (χ0) is 16.6. The summed E-state index contributed by atoms with van der Waals surface area (Å²) >= 11 is 5.90. The minimum atomic E-state index is 0.791. The van der Waals surface area contributed by atoms with Gasteiger partial charge < -0.3 is 10.2 Å². The summed E-state index contributed by atoms with van der Waals surface area (Å²) in [5.41, 5.74) is 2.64. The average Bonchev–Trinajstić information content (AvgIpc) is 2.62. The smallest absolute Gasteiger partial charge is 0.0407 e. The highest BCUT2D eigenvalue weighted by Gasteiger charge is 2.18. The van der Waals surface area contributed by atoms with Crippen LogP contribution in [0.5, 0.6) is 0 Å². The van der Waals surface area contributed by atoms with Crippen LogP contribution in [0.1, 0.15) is 24.8 Å². The van der Waals surface area contributed by atoms with Gasteiger partial charge in [-0.1, -0.05) is 41.9 Å². The average molecular weight is 343 g/mol. The van der Waals surface area contributed by atoms with Gasteiger partial charge in [0.05, 0.1) is 0 Å². The van der Waals surface area contributed by atoms with E-state index in [0.717, 1.165) is 23.2 Å². The largest absolute Gasteiger partial charge is 0.385 e. The molecular formula is C21H27ClN2. The summed E-state index contributed by atoms with van der Waals surface area (Å²) in [7, 11) is 0. The first-order chi connectivity index (χ1) is 11.8. The molecule has 1 saturated heterocycles. The zero-order valence-corrected chi connectivity index (χ0v) is 15.0. The van der Waals surface area contributed by atoms with Crippen molar-refractivity contribution in [3.05, 3.63) is 65.2 Å². The van der Waals surface area contributed by atoms with Crippen molar-refractivity contribution >= 4 is 17.3 Å². The number of nitrogens with one attached hydrogen (secondary N) is 1. The molecule has 0 bridgehead atoms. The van der Waals surface area contributed by atoms with Crippen LogP contribution in [-0.2, 0) is 6.42 Å². The van der Waals surface area contributed by atoms with Gasteiger partial charge in [-0.25, -0.2) is 0 Å². The molecule has 2 aromatic carbocycles. The van der Waals surface area contributed by atoms with Crippen molar-refractivity contribution in [1.29, 1.82) is 0 Å². The van der Waals surface area contributed by atoms with Gasteiger partial charge in [-0.15, -0.1) is 0 Å². The second kappa shape index (κ2) is 9.10. The molecule has 0 saturated carbocycles. The van der Waals surface area contributed by atoms with Gasteiger partial charge in [0.1, 0.15) is 0 Å². The zero-order valence-electron chi connectivity index (χ0n) is 14.3. The van der Waals surface area contributed by atoms with Crippen molar-refractivity contribution in [2.75, 3.05) is 31.5 Å². The maximum atomic E-state index is 5.90. The predicted octanol–water partition coefficient (Wildman–Crippen LogP) is 5.10. The number of nitrogens with zero attached hydrogens (tertiary/aromatic N) is 1. The molecule has 0 amide bonds. The van der Waals surface area contributed by atoms with E-state index in [1.165, 1.54) is 50.9 Å². The molecule has 2 aromatic rings. The summed E-state index contributed by atoms with van der Waals surface area (Å²) in [6.45, 7) is 4.71. The Hall–Kier alpha value is -1.51. The van der Waals surface area contributed by atoms with Crippen LogP contribution in [0.4, 0.5) is 5.69 Å². The van der Waals surface area contributed by atoms with Crippen LogP contribution in [0, 0.1) is 5.92 Å². The first-order valence-electron chi connectivity index (χ1n) is 9.05. The lowest BCUT2D eigenvalue weighted by Gasteiger charge is -2.32. The molecule has 1 fully saturated rings. The van der Waals surface area contributed by atoms with E-state index in [2.05, 4.69) is 40.5 Å². The first kappa shape index (κ1) is 17.3. The summed E-state index contributed by atoms with van der Waals surface area (Å²) < 4.78 is 0. The van der Waals surface area contributed by atoms with Crippen molar-refractivity contribution in [1.82, 2.24) is 4.90 Å². The Labute approximate surface area is 150 Å². The molecular weight excluding hydrogens is 316 g/mol. The molecule has 0 aromatic heterocycles. The molecule has 3 heteroatoms. The fourth-order valence-electron chi connectivity index (χ4n) is 3.46. The van der Waals surface area contributed by atoms with Crippen LogP contribution in [0.15, 0.2) is 54.6 Å². The minimum absolute atomic E-state index is 0.791. The third-order valence-electron chi connectivity index (χ3n) is 4.90. The molecule has 0 spiro atoms. The van der Waals surface area contributed by atoms with Gasteiger partial charge in [-0.05, 0) is 81.1 Å². The highest BCUT2D eigenvalue weighted by atomic mass is 35.5. The molecule has 128 valence electrons. The maximum absolute atomic E-state index is 5.90. The number of hydrogen-bond acceptors (Lipinski definition) is 2. The summed E-state index contributed by atoms with van der Waals surface area (Å²) in [6.07, 6.45) is 5.10. The Bertz CT molecular complexity index is 589. The molecule has 1 aliphatic heterocycles. The predicted molar refractivity (Wildman–Crippen MR) is 104 cm³/mol. The van der Waals surface area contributed by atoms with Gasteiger partial charge in [-0.2, -0.15) is 0 Å². The van der Waals surface area contributed by atoms with E-state index in [-0.39, 0.29) is 0 Å². The van der Waals surface area contributed by atoms with Gasteiger partial charge in [0.25, 0.3) is 0 Å². The Kier molecular flexibility index (Phi) is 6.57. The Morgan fingerprint density at radius 2 is 1.67 bits per heavy atom. The minimum Gasteiger partial charge on any atom is -0.385 e. The molecule has 0 unspecified atom stereocenters. The van der Waals surface area contributed by atoms with Gasteiger partial charge >= 0.3 is 0 Å². The van der Waals surface area contributed by atoms with Crippen molar-refractivity contribution < 1.29 is 0 Å². The number of halogens is 1. The highest BCUT2D eigenvalue weighted by Crippen LogP contribution is 2.21. The summed E-state index contributed by atoms with van der Waals surface area (Å²) in [5, 5.41) is 4.26. The van der Waals surface area contributed by atoms with Gasteiger partial charge in [0.2, 0.25) is 0 Å². The molecule has 0 atom stereocenters. The summed E-state index contributed by atoms with van der Waals surface area (Å²) in [5.74, 6) is 0.857. The molecule has 1 N–H and O–H groups in total. The van der Waals surface area contributed by atoms with Crippen molar-refractivity contribution in [2.24, 2.45) is 5.92 Å². The van der Waals surface area contributed by atoms with E-state index in [0.29, 0.717) is 0 Å². The number of likely N-dealkylation sites (tertiary alicyclic amines) is 1. The second-order valence-electron chi connectivity index (χ2n) is 6.76. The van der Waals surface area contributed by atoms with Crippen molar-refractivity contribution in [2.45, 2.75) is 25.7 Å². The lowest BCUT2D eigenvalue weighted by molar-refractivity contribution is 0.183. The fraction of sp³-hybridized carbons (Fsp3) is 0.429. The second-order valence-corrected chi connectivity index (χ2v) is 7.20. The summed E-state index contributed by atoms with van der Waals surface area (Å²) in [4.78, 5) is 2.62. The van der Waals surface area contributed by atoms with E-state index in [9.17, 15) is 0 Å².